The highest BCUT2D eigenvalue weighted by atomic mass is 16.5. The number of carbonyl (C=O) groups is 2. The predicted octanol–water partition coefficient (Wildman–Crippen LogP) is 1.45. The van der Waals surface area contributed by atoms with Crippen LogP contribution in [0.1, 0.15) is 17.4 Å². The van der Waals surface area contributed by atoms with Gasteiger partial charge in [-0.05, 0) is 19.1 Å². The quantitative estimate of drug-likeness (QED) is 0.616. The van der Waals surface area contributed by atoms with Crippen LogP contribution in [0.15, 0.2) is 23.3 Å². The van der Waals surface area contributed by atoms with Gasteiger partial charge in [-0.25, -0.2) is 14.8 Å². The minimum atomic E-state index is -0.449. The monoisotopic (exact) mass is 257 g/mol. The molecule has 0 radical (unpaired) electrons. The van der Waals surface area contributed by atoms with Crippen LogP contribution < -0.4 is 0 Å². The van der Waals surface area contributed by atoms with Gasteiger partial charge in [-0.2, -0.15) is 0 Å². The molecule has 0 spiro atoms. The molecule has 19 heavy (non-hydrogen) atoms. The van der Waals surface area contributed by atoms with Crippen molar-refractivity contribution in [1.82, 2.24) is 9.55 Å². The molecule has 0 unspecified atom stereocenters. The van der Waals surface area contributed by atoms with E-state index in [-0.39, 0.29) is 5.69 Å². The van der Waals surface area contributed by atoms with Gasteiger partial charge in [-0.15, -0.1) is 0 Å². The van der Waals surface area contributed by atoms with E-state index < -0.39 is 5.97 Å². The van der Waals surface area contributed by atoms with Crippen molar-refractivity contribution < 1.29 is 14.3 Å². The van der Waals surface area contributed by atoms with E-state index in [1.165, 1.54) is 0 Å². The van der Waals surface area contributed by atoms with E-state index in [0.717, 1.165) is 11.8 Å². The molecular weight excluding hydrogens is 246 g/mol. The molecule has 6 heteroatoms. The van der Waals surface area contributed by atoms with Crippen LogP contribution in [0.3, 0.4) is 0 Å². The van der Waals surface area contributed by atoms with Gasteiger partial charge in [0.1, 0.15) is 17.2 Å². The Morgan fingerprint density at radius 3 is 3.16 bits per heavy atom. The van der Waals surface area contributed by atoms with E-state index in [1.807, 2.05) is 4.57 Å². The molecule has 0 aromatic carbocycles. The van der Waals surface area contributed by atoms with Crippen molar-refractivity contribution >= 4 is 23.8 Å². The summed E-state index contributed by atoms with van der Waals surface area (Å²) >= 11 is 0. The van der Waals surface area contributed by atoms with Crippen LogP contribution in [0.4, 0.5) is 5.82 Å². The van der Waals surface area contributed by atoms with Crippen LogP contribution in [0.5, 0.6) is 0 Å². The summed E-state index contributed by atoms with van der Waals surface area (Å²) in [6, 6.07) is 3.45. The average Bonchev–Trinajstić information content (AvgIpc) is 3.01. The first-order valence-corrected chi connectivity index (χ1v) is 5.92. The van der Waals surface area contributed by atoms with Gasteiger partial charge in [0, 0.05) is 11.8 Å². The van der Waals surface area contributed by atoms with Gasteiger partial charge >= 0.3 is 5.97 Å². The van der Waals surface area contributed by atoms with E-state index in [2.05, 4.69) is 9.98 Å². The molecule has 0 atom stereocenters. The summed E-state index contributed by atoms with van der Waals surface area (Å²) in [5.74, 6) is 0.206. The molecule has 0 bridgehead atoms. The summed E-state index contributed by atoms with van der Waals surface area (Å²) in [6.45, 7) is 2.51. The normalized spacial score (nSPS) is 13.2. The molecule has 96 valence electrons. The van der Waals surface area contributed by atoms with E-state index in [1.54, 1.807) is 25.3 Å². The maximum atomic E-state index is 11.7. The number of pyridine rings is 1. The molecule has 0 aromatic heterocycles. The predicted molar refractivity (Wildman–Crippen MR) is 68.0 cm³/mol. The lowest BCUT2D eigenvalue weighted by Gasteiger charge is -2.05. The first-order valence-electron chi connectivity index (χ1n) is 5.92. The molecular formula is C13H11N3O3. The Hall–Kier alpha value is -2.50. The van der Waals surface area contributed by atoms with Crippen LogP contribution in [0.25, 0.3) is 11.3 Å². The number of rotatable bonds is 3. The summed E-state index contributed by atoms with van der Waals surface area (Å²) in [4.78, 5) is 30.9. The highest BCUT2D eigenvalue weighted by Gasteiger charge is 2.23. The first kappa shape index (κ1) is 11.6. The second kappa shape index (κ2) is 4.31. The maximum absolute atomic E-state index is 11.7. The zero-order valence-corrected chi connectivity index (χ0v) is 10.3. The lowest BCUT2D eigenvalue weighted by atomic mass is 10.2. The summed E-state index contributed by atoms with van der Waals surface area (Å²) < 4.78 is 6.77. The van der Waals surface area contributed by atoms with E-state index in [9.17, 15) is 9.59 Å². The number of nitrogens with zero attached hydrogens (tertiary/aromatic N) is 3. The number of fused-ring (bicyclic) bond motifs is 3. The van der Waals surface area contributed by atoms with Gasteiger partial charge < -0.3 is 9.30 Å². The summed E-state index contributed by atoms with van der Waals surface area (Å²) in [5.41, 5.74) is 2.15. The fraction of sp³-hybridized carbons (Fsp3) is 0.231. The van der Waals surface area contributed by atoms with Crippen molar-refractivity contribution in [2.24, 2.45) is 4.99 Å². The fourth-order valence-electron chi connectivity index (χ4n) is 2.10. The molecule has 0 fully saturated rings. The summed E-state index contributed by atoms with van der Waals surface area (Å²) in [7, 11) is 0. The Kier molecular flexibility index (Phi) is 2.63. The van der Waals surface area contributed by atoms with Crippen LogP contribution in [0, 0.1) is 0 Å². The molecule has 0 aromatic rings. The SMILES string of the molecule is CCOC(=O)c1cc2c3n(ccc-2n1)CC(C=O)=N3. The standard InChI is InChI=1S/C13H11N3O3/c1-2-19-13(18)11-5-9-10(15-11)3-4-16-6-8(7-17)14-12(9)16/h3-5,7H,2,6H2,1H3. The number of hydrogen-bond acceptors (Lipinski definition) is 5. The topological polar surface area (TPSA) is 73.6 Å². The number of ether oxygens (including phenoxy) is 1. The van der Waals surface area contributed by atoms with E-state index in [4.69, 9.17) is 4.74 Å². The third-order valence-electron chi connectivity index (χ3n) is 2.93. The molecule has 0 saturated carbocycles. The lowest BCUT2D eigenvalue weighted by molar-refractivity contribution is -0.102. The van der Waals surface area contributed by atoms with Crippen molar-refractivity contribution in [3.8, 4) is 11.3 Å². The number of hydrogen-bond donors (Lipinski definition) is 0. The summed E-state index contributed by atoms with van der Waals surface area (Å²) in [6.07, 6.45) is 2.54. The highest BCUT2D eigenvalue weighted by Crippen LogP contribution is 2.35. The van der Waals surface area contributed by atoms with Gasteiger partial charge in [-0.3, -0.25) is 4.79 Å². The molecule has 0 amide bonds. The zero-order valence-electron chi connectivity index (χ0n) is 10.3. The third kappa shape index (κ3) is 1.81. The van der Waals surface area contributed by atoms with Crippen LogP contribution in [-0.4, -0.2) is 34.1 Å². The van der Waals surface area contributed by atoms with E-state index in [0.29, 0.717) is 30.4 Å². The minimum Gasteiger partial charge on any atom is -0.461 e. The van der Waals surface area contributed by atoms with Gasteiger partial charge in [0.15, 0.2) is 6.29 Å². The van der Waals surface area contributed by atoms with Gasteiger partial charge in [0.05, 0.1) is 18.8 Å². The minimum absolute atomic E-state index is 0.264. The molecule has 3 aliphatic rings. The third-order valence-corrected chi connectivity index (χ3v) is 2.93. The molecule has 3 rings (SSSR count). The molecule has 0 saturated heterocycles. The second-order valence-electron chi connectivity index (χ2n) is 4.15. The van der Waals surface area contributed by atoms with Crippen molar-refractivity contribution in [3.63, 3.8) is 0 Å². The Morgan fingerprint density at radius 1 is 1.58 bits per heavy atom. The van der Waals surface area contributed by atoms with Crippen LogP contribution in [-0.2, 0) is 16.1 Å². The van der Waals surface area contributed by atoms with Gasteiger partial charge in [-0.1, -0.05) is 0 Å². The van der Waals surface area contributed by atoms with Gasteiger partial charge in [0.2, 0.25) is 0 Å². The fourth-order valence-corrected chi connectivity index (χ4v) is 2.10. The van der Waals surface area contributed by atoms with Crippen molar-refractivity contribution in [2.75, 3.05) is 6.61 Å². The van der Waals surface area contributed by atoms with Crippen molar-refractivity contribution in [3.05, 3.63) is 24.0 Å². The number of aliphatic imine (C=N–C) groups is 1. The number of esters is 1. The first-order chi connectivity index (χ1) is 9.22. The zero-order chi connectivity index (χ0) is 13.4. The molecule has 0 N–H and O–H groups in total. The number of aldehydes is 1. The Bertz CT molecular complexity index is 672. The summed E-state index contributed by atoms with van der Waals surface area (Å²) in [5, 5.41) is 0. The number of carbonyl (C=O) groups excluding carboxylic acids is 2. The average molecular weight is 257 g/mol. The lowest BCUT2D eigenvalue weighted by Crippen LogP contribution is -2.04. The Morgan fingerprint density at radius 2 is 2.42 bits per heavy atom. The van der Waals surface area contributed by atoms with E-state index >= 15 is 0 Å². The largest absolute Gasteiger partial charge is 0.461 e. The molecule has 6 nitrogen and oxygen atoms in total. The highest BCUT2D eigenvalue weighted by molar-refractivity contribution is 6.29. The number of aromatic nitrogens is 2. The van der Waals surface area contributed by atoms with Crippen molar-refractivity contribution in [1.29, 1.82) is 0 Å². The second-order valence-corrected chi connectivity index (χ2v) is 4.15. The van der Waals surface area contributed by atoms with Crippen LogP contribution in [0.2, 0.25) is 0 Å². The maximum Gasteiger partial charge on any atom is 0.356 e. The Balaban J connectivity index is 2.09. The smallest absolute Gasteiger partial charge is 0.356 e. The molecule has 0 aliphatic carbocycles. The Labute approximate surface area is 109 Å². The van der Waals surface area contributed by atoms with Gasteiger partial charge in [0.25, 0.3) is 0 Å². The van der Waals surface area contributed by atoms with Crippen molar-refractivity contribution in [2.45, 2.75) is 13.5 Å². The molecule has 3 aliphatic heterocycles. The molecule has 3 heterocycles. The van der Waals surface area contributed by atoms with Crippen LogP contribution >= 0.6 is 0 Å².